The second-order valence-electron chi connectivity index (χ2n) is 6.54. The van der Waals surface area contributed by atoms with Crippen molar-refractivity contribution in [3.05, 3.63) is 83.7 Å². The first-order chi connectivity index (χ1) is 13.0. The zero-order valence-corrected chi connectivity index (χ0v) is 15.3. The molecule has 2 aromatic carbocycles. The molecule has 0 saturated carbocycles. The fourth-order valence-corrected chi connectivity index (χ4v) is 2.66. The number of nitrogens with one attached hydrogen (secondary N) is 2. The predicted molar refractivity (Wildman–Crippen MR) is 105 cm³/mol. The van der Waals surface area contributed by atoms with Gasteiger partial charge in [0.2, 0.25) is 0 Å². The van der Waals surface area contributed by atoms with Crippen LogP contribution >= 0.6 is 0 Å². The van der Waals surface area contributed by atoms with Crippen LogP contribution in [0.4, 0.5) is 5.69 Å². The highest BCUT2D eigenvalue weighted by Gasteiger charge is 2.15. The zero-order valence-electron chi connectivity index (χ0n) is 15.3. The molecule has 27 heavy (non-hydrogen) atoms. The fourth-order valence-electron chi connectivity index (χ4n) is 2.66. The maximum atomic E-state index is 12.6. The molecule has 0 aliphatic heterocycles. The van der Waals surface area contributed by atoms with Gasteiger partial charge >= 0.3 is 0 Å². The van der Waals surface area contributed by atoms with Gasteiger partial charge in [-0.3, -0.25) is 14.3 Å². The molecular formula is C21H22N4O2. The van der Waals surface area contributed by atoms with Crippen LogP contribution in [0.15, 0.2) is 67.0 Å². The van der Waals surface area contributed by atoms with E-state index in [1.807, 2.05) is 44.2 Å². The molecule has 1 heterocycles. The third-order valence-electron chi connectivity index (χ3n) is 3.92. The molecule has 0 spiro atoms. The van der Waals surface area contributed by atoms with Gasteiger partial charge in [-0.1, -0.05) is 42.5 Å². The number of benzene rings is 2. The largest absolute Gasteiger partial charge is 0.350 e. The number of hydrogen-bond donors (Lipinski definition) is 2. The van der Waals surface area contributed by atoms with Gasteiger partial charge in [0.15, 0.2) is 0 Å². The van der Waals surface area contributed by atoms with Crippen molar-refractivity contribution in [2.75, 3.05) is 5.32 Å². The highest BCUT2D eigenvalue weighted by atomic mass is 16.2. The van der Waals surface area contributed by atoms with E-state index in [1.54, 1.807) is 35.1 Å². The van der Waals surface area contributed by atoms with Crippen LogP contribution < -0.4 is 10.6 Å². The molecule has 0 radical (unpaired) electrons. The first kappa shape index (κ1) is 18.4. The van der Waals surface area contributed by atoms with E-state index in [4.69, 9.17) is 0 Å². The van der Waals surface area contributed by atoms with Crippen molar-refractivity contribution in [1.29, 1.82) is 0 Å². The molecule has 138 valence electrons. The average Bonchev–Trinajstić information content (AvgIpc) is 3.11. The smallest absolute Gasteiger partial charge is 0.258 e. The Morgan fingerprint density at radius 1 is 1.00 bits per heavy atom. The van der Waals surface area contributed by atoms with E-state index in [0.29, 0.717) is 23.4 Å². The number of amides is 2. The molecule has 0 bridgehead atoms. The van der Waals surface area contributed by atoms with Crippen molar-refractivity contribution in [2.45, 2.75) is 26.4 Å². The van der Waals surface area contributed by atoms with Gasteiger partial charge in [-0.25, -0.2) is 0 Å². The number of anilines is 1. The van der Waals surface area contributed by atoms with Crippen LogP contribution in [0.1, 0.15) is 40.1 Å². The summed E-state index contributed by atoms with van der Waals surface area (Å²) in [5, 5.41) is 9.89. The Hall–Kier alpha value is -3.41. The SMILES string of the molecule is CC(C)NC(=O)c1ccccc1NC(=O)c1cnn(Cc2ccccc2)c1. The quantitative estimate of drug-likeness (QED) is 0.706. The molecule has 0 aliphatic carbocycles. The van der Waals surface area contributed by atoms with Gasteiger partial charge in [-0.05, 0) is 31.5 Å². The van der Waals surface area contributed by atoms with Crippen molar-refractivity contribution in [3.63, 3.8) is 0 Å². The standard InChI is InChI=1S/C21H22N4O2/c1-15(2)23-21(27)18-10-6-7-11-19(18)24-20(26)17-12-22-25(14-17)13-16-8-4-3-5-9-16/h3-12,14-15H,13H2,1-2H3,(H,23,27)(H,24,26). The number of rotatable bonds is 6. The first-order valence-electron chi connectivity index (χ1n) is 8.80. The van der Waals surface area contributed by atoms with Gasteiger partial charge < -0.3 is 10.6 Å². The summed E-state index contributed by atoms with van der Waals surface area (Å²) >= 11 is 0. The fraction of sp³-hybridized carbons (Fsp3) is 0.190. The number of nitrogens with zero attached hydrogens (tertiary/aromatic N) is 2. The molecule has 2 N–H and O–H groups in total. The van der Waals surface area contributed by atoms with Crippen molar-refractivity contribution in [2.24, 2.45) is 0 Å². The molecule has 6 nitrogen and oxygen atoms in total. The van der Waals surface area contributed by atoms with E-state index >= 15 is 0 Å². The Morgan fingerprint density at radius 3 is 2.44 bits per heavy atom. The molecular weight excluding hydrogens is 340 g/mol. The highest BCUT2D eigenvalue weighted by Crippen LogP contribution is 2.16. The number of carbonyl (C=O) groups excluding carboxylic acids is 2. The Kier molecular flexibility index (Phi) is 5.66. The molecule has 0 aliphatic rings. The molecule has 1 aromatic heterocycles. The number of aromatic nitrogens is 2. The normalized spacial score (nSPS) is 10.6. The maximum absolute atomic E-state index is 12.6. The second kappa shape index (κ2) is 8.31. The van der Waals surface area contributed by atoms with Crippen LogP contribution in [-0.4, -0.2) is 27.6 Å². The summed E-state index contributed by atoms with van der Waals surface area (Å²) in [7, 11) is 0. The monoisotopic (exact) mass is 362 g/mol. The van der Waals surface area contributed by atoms with Gasteiger partial charge in [0, 0.05) is 12.2 Å². The van der Waals surface area contributed by atoms with E-state index in [2.05, 4.69) is 15.7 Å². The topological polar surface area (TPSA) is 76.0 Å². The summed E-state index contributed by atoms with van der Waals surface area (Å²) in [6, 6.07) is 16.8. The predicted octanol–water partition coefficient (Wildman–Crippen LogP) is 3.32. The molecule has 3 aromatic rings. The maximum Gasteiger partial charge on any atom is 0.258 e. The lowest BCUT2D eigenvalue weighted by atomic mass is 10.1. The van der Waals surface area contributed by atoms with Crippen LogP contribution in [0.25, 0.3) is 0 Å². The third kappa shape index (κ3) is 4.82. The van der Waals surface area contributed by atoms with Gasteiger partial charge in [-0.2, -0.15) is 5.10 Å². The van der Waals surface area contributed by atoms with Crippen molar-refractivity contribution >= 4 is 17.5 Å². The summed E-state index contributed by atoms with van der Waals surface area (Å²) < 4.78 is 1.71. The van der Waals surface area contributed by atoms with E-state index in [9.17, 15) is 9.59 Å². The van der Waals surface area contributed by atoms with Crippen LogP contribution in [-0.2, 0) is 6.54 Å². The minimum absolute atomic E-state index is 0.0116. The summed E-state index contributed by atoms with van der Waals surface area (Å²) in [5.74, 6) is -0.528. The minimum Gasteiger partial charge on any atom is -0.350 e. The summed E-state index contributed by atoms with van der Waals surface area (Å²) in [6.45, 7) is 4.36. The lowest BCUT2D eigenvalue weighted by molar-refractivity contribution is 0.0944. The van der Waals surface area contributed by atoms with E-state index in [1.165, 1.54) is 6.20 Å². The molecule has 2 amide bonds. The van der Waals surface area contributed by atoms with Crippen LogP contribution in [0.5, 0.6) is 0 Å². The van der Waals surface area contributed by atoms with Crippen LogP contribution in [0.2, 0.25) is 0 Å². The minimum atomic E-state index is -0.306. The van der Waals surface area contributed by atoms with Crippen LogP contribution in [0, 0.1) is 0 Å². The molecule has 0 saturated heterocycles. The summed E-state index contributed by atoms with van der Waals surface area (Å²) in [6.07, 6.45) is 3.22. The van der Waals surface area contributed by atoms with Gasteiger partial charge in [0.25, 0.3) is 11.8 Å². The number of hydrogen-bond acceptors (Lipinski definition) is 3. The van der Waals surface area contributed by atoms with Crippen LogP contribution in [0.3, 0.4) is 0 Å². The first-order valence-corrected chi connectivity index (χ1v) is 8.80. The zero-order chi connectivity index (χ0) is 19.2. The number of carbonyl (C=O) groups is 2. The molecule has 0 fully saturated rings. The van der Waals surface area contributed by atoms with E-state index in [0.717, 1.165) is 5.56 Å². The summed E-state index contributed by atoms with van der Waals surface area (Å²) in [4.78, 5) is 24.9. The van der Waals surface area contributed by atoms with Crippen molar-refractivity contribution < 1.29 is 9.59 Å². The van der Waals surface area contributed by atoms with E-state index < -0.39 is 0 Å². The lowest BCUT2D eigenvalue weighted by Crippen LogP contribution is -2.31. The van der Waals surface area contributed by atoms with Gasteiger partial charge in [-0.15, -0.1) is 0 Å². The Balaban J connectivity index is 1.72. The van der Waals surface area contributed by atoms with Gasteiger partial charge in [0.05, 0.1) is 29.6 Å². The second-order valence-corrected chi connectivity index (χ2v) is 6.54. The molecule has 0 unspecified atom stereocenters. The average molecular weight is 362 g/mol. The lowest BCUT2D eigenvalue weighted by Gasteiger charge is -2.12. The van der Waals surface area contributed by atoms with E-state index in [-0.39, 0.29) is 17.9 Å². The molecule has 6 heteroatoms. The summed E-state index contributed by atoms with van der Waals surface area (Å²) in [5.41, 5.74) is 2.43. The third-order valence-corrected chi connectivity index (χ3v) is 3.92. The Bertz CT molecular complexity index is 932. The van der Waals surface area contributed by atoms with Gasteiger partial charge in [0.1, 0.15) is 0 Å². The highest BCUT2D eigenvalue weighted by molar-refractivity contribution is 6.08. The Morgan fingerprint density at radius 2 is 1.70 bits per heavy atom. The number of para-hydroxylation sites is 1. The van der Waals surface area contributed by atoms with Crippen molar-refractivity contribution in [1.82, 2.24) is 15.1 Å². The molecule has 0 atom stereocenters. The van der Waals surface area contributed by atoms with Crippen molar-refractivity contribution in [3.8, 4) is 0 Å². The molecule has 3 rings (SSSR count). The Labute approximate surface area is 158 Å².